The van der Waals surface area contributed by atoms with E-state index in [4.69, 9.17) is 10.8 Å². The van der Waals surface area contributed by atoms with Crippen LogP contribution in [0.2, 0.25) is 0 Å². The minimum atomic E-state index is -1.16. The molecule has 26 heavy (non-hydrogen) atoms. The van der Waals surface area contributed by atoms with Crippen molar-refractivity contribution in [3.05, 3.63) is 0 Å². The Morgan fingerprint density at radius 3 is 2.00 bits per heavy atom. The van der Waals surface area contributed by atoms with Gasteiger partial charge in [0.15, 0.2) is 0 Å². The topological polar surface area (TPSA) is 171 Å². The molecule has 150 valence electrons. The molecule has 0 saturated heterocycles. The smallest absolute Gasteiger partial charge is 0.326 e. The highest BCUT2D eigenvalue weighted by Crippen LogP contribution is 2.07. The van der Waals surface area contributed by atoms with Gasteiger partial charge in [0.1, 0.15) is 18.1 Å². The van der Waals surface area contributed by atoms with Crippen LogP contribution in [0.15, 0.2) is 0 Å². The van der Waals surface area contributed by atoms with Crippen LogP contribution in [0, 0.1) is 11.8 Å². The maximum atomic E-state index is 12.4. The molecule has 0 aliphatic rings. The molecule has 0 spiro atoms. The second-order valence-corrected chi connectivity index (χ2v) is 6.83. The number of rotatable bonds is 11. The van der Waals surface area contributed by atoms with Gasteiger partial charge in [-0.15, -0.1) is 0 Å². The van der Waals surface area contributed by atoms with Crippen molar-refractivity contribution >= 4 is 23.7 Å². The number of carbonyl (C=O) groups is 4. The minimum Gasteiger partial charge on any atom is -0.480 e. The van der Waals surface area contributed by atoms with Crippen molar-refractivity contribution in [1.82, 2.24) is 16.0 Å². The Kier molecular flexibility index (Phi) is 10.5. The van der Waals surface area contributed by atoms with Gasteiger partial charge in [0, 0.05) is 0 Å². The normalized spacial score (nSPS) is 14.5. The Labute approximate surface area is 152 Å². The number of aliphatic hydroxyl groups excluding tert-OH is 1. The van der Waals surface area contributed by atoms with Crippen molar-refractivity contribution in [3.8, 4) is 0 Å². The van der Waals surface area contributed by atoms with Crippen LogP contribution in [-0.2, 0) is 19.2 Å². The fraction of sp³-hybridized carbons (Fsp3) is 0.750. The van der Waals surface area contributed by atoms with Crippen molar-refractivity contribution in [3.63, 3.8) is 0 Å². The van der Waals surface area contributed by atoms with Crippen LogP contribution in [-0.4, -0.2) is 65.2 Å². The lowest BCUT2D eigenvalue weighted by molar-refractivity contribution is -0.143. The third-order valence-electron chi connectivity index (χ3n) is 3.55. The summed E-state index contributed by atoms with van der Waals surface area (Å²) in [5, 5.41) is 25.1. The van der Waals surface area contributed by atoms with Gasteiger partial charge in [-0.1, -0.05) is 27.7 Å². The molecule has 0 fully saturated rings. The summed E-state index contributed by atoms with van der Waals surface area (Å²) in [6.07, 6.45) is 0.298. The predicted octanol–water partition coefficient (Wildman–Crippen LogP) is -1.82. The Hall–Kier alpha value is -2.20. The third-order valence-corrected chi connectivity index (χ3v) is 3.55. The minimum absolute atomic E-state index is 0.0609. The lowest BCUT2D eigenvalue weighted by Crippen LogP contribution is -2.55. The average molecular weight is 374 g/mol. The summed E-state index contributed by atoms with van der Waals surface area (Å²) in [7, 11) is 0. The molecule has 0 aliphatic carbocycles. The van der Waals surface area contributed by atoms with Crippen LogP contribution < -0.4 is 21.7 Å². The largest absolute Gasteiger partial charge is 0.480 e. The van der Waals surface area contributed by atoms with Crippen LogP contribution in [0.5, 0.6) is 0 Å². The summed E-state index contributed by atoms with van der Waals surface area (Å²) >= 11 is 0. The first-order valence-electron chi connectivity index (χ1n) is 8.46. The maximum Gasteiger partial charge on any atom is 0.326 e. The van der Waals surface area contributed by atoms with E-state index in [1.54, 1.807) is 13.8 Å². The predicted molar refractivity (Wildman–Crippen MR) is 93.9 cm³/mol. The molecule has 0 heterocycles. The number of aliphatic hydroxyl groups is 1. The first kappa shape index (κ1) is 23.8. The molecule has 0 bridgehead atoms. The van der Waals surface area contributed by atoms with E-state index in [1.165, 1.54) is 0 Å². The molecule has 10 heteroatoms. The van der Waals surface area contributed by atoms with E-state index < -0.39 is 55.0 Å². The van der Waals surface area contributed by atoms with E-state index in [2.05, 4.69) is 16.0 Å². The SMILES string of the molecule is CC(C)CC(NC(=O)CNC(=O)C(N)CO)C(=O)NC(C(=O)O)C(C)C. The number of nitrogens with two attached hydrogens (primary N) is 1. The molecular formula is C16H30N4O6. The Bertz CT molecular complexity index is 509. The summed E-state index contributed by atoms with van der Waals surface area (Å²) in [5.41, 5.74) is 5.32. The van der Waals surface area contributed by atoms with Crippen molar-refractivity contribution in [2.45, 2.75) is 52.2 Å². The fourth-order valence-corrected chi connectivity index (χ4v) is 2.10. The second-order valence-electron chi connectivity index (χ2n) is 6.83. The van der Waals surface area contributed by atoms with Crippen LogP contribution in [0.1, 0.15) is 34.1 Å². The zero-order valence-corrected chi connectivity index (χ0v) is 15.6. The van der Waals surface area contributed by atoms with Gasteiger partial charge in [-0.05, 0) is 18.3 Å². The van der Waals surface area contributed by atoms with E-state index in [0.29, 0.717) is 6.42 Å². The number of amides is 3. The Balaban J connectivity index is 4.87. The number of hydrogen-bond acceptors (Lipinski definition) is 6. The van der Waals surface area contributed by atoms with E-state index in [-0.39, 0.29) is 11.8 Å². The third kappa shape index (κ3) is 8.77. The molecule has 10 nitrogen and oxygen atoms in total. The number of carboxylic acids is 1. The van der Waals surface area contributed by atoms with Gasteiger partial charge in [0.25, 0.3) is 0 Å². The molecular weight excluding hydrogens is 344 g/mol. The molecule has 3 unspecified atom stereocenters. The first-order chi connectivity index (χ1) is 12.0. The van der Waals surface area contributed by atoms with Gasteiger partial charge >= 0.3 is 5.97 Å². The van der Waals surface area contributed by atoms with Gasteiger partial charge in [0.2, 0.25) is 17.7 Å². The summed E-state index contributed by atoms with van der Waals surface area (Å²) in [5.74, 6) is -3.35. The van der Waals surface area contributed by atoms with Crippen molar-refractivity contribution in [1.29, 1.82) is 0 Å². The van der Waals surface area contributed by atoms with E-state index in [9.17, 15) is 24.3 Å². The lowest BCUT2D eigenvalue weighted by Gasteiger charge is -2.24. The van der Waals surface area contributed by atoms with Crippen LogP contribution in [0.3, 0.4) is 0 Å². The summed E-state index contributed by atoms with van der Waals surface area (Å²) < 4.78 is 0. The van der Waals surface area contributed by atoms with E-state index >= 15 is 0 Å². The molecule has 0 saturated carbocycles. The quantitative estimate of drug-likeness (QED) is 0.247. The molecule has 3 amide bonds. The standard InChI is InChI=1S/C16H30N4O6/c1-8(2)5-11(15(24)20-13(9(3)4)16(25)26)19-12(22)6-18-14(23)10(17)7-21/h8-11,13,21H,5-7,17H2,1-4H3,(H,18,23)(H,19,22)(H,20,24)(H,25,26). The van der Waals surface area contributed by atoms with E-state index in [1.807, 2.05) is 13.8 Å². The highest BCUT2D eigenvalue weighted by atomic mass is 16.4. The van der Waals surface area contributed by atoms with Crippen molar-refractivity contribution < 1.29 is 29.4 Å². The van der Waals surface area contributed by atoms with Crippen molar-refractivity contribution in [2.75, 3.05) is 13.2 Å². The maximum absolute atomic E-state index is 12.4. The van der Waals surface area contributed by atoms with Crippen molar-refractivity contribution in [2.24, 2.45) is 17.6 Å². The van der Waals surface area contributed by atoms with Crippen LogP contribution in [0.4, 0.5) is 0 Å². The summed E-state index contributed by atoms with van der Waals surface area (Å²) in [6.45, 7) is 6.06. The molecule has 0 aliphatic heterocycles. The number of aliphatic carboxylic acids is 1. The van der Waals surface area contributed by atoms with Gasteiger partial charge in [-0.3, -0.25) is 14.4 Å². The van der Waals surface area contributed by atoms with Gasteiger partial charge < -0.3 is 31.9 Å². The monoisotopic (exact) mass is 374 g/mol. The molecule has 0 aromatic carbocycles. The lowest BCUT2D eigenvalue weighted by atomic mass is 10.0. The second kappa shape index (κ2) is 11.4. The molecule has 7 N–H and O–H groups in total. The van der Waals surface area contributed by atoms with E-state index in [0.717, 1.165) is 0 Å². The average Bonchev–Trinajstić information content (AvgIpc) is 2.54. The molecule has 0 aromatic heterocycles. The number of carboxylic acid groups (broad SMARTS) is 1. The first-order valence-corrected chi connectivity index (χ1v) is 8.46. The van der Waals surface area contributed by atoms with Crippen LogP contribution in [0.25, 0.3) is 0 Å². The number of carbonyl (C=O) groups excluding carboxylic acids is 3. The van der Waals surface area contributed by atoms with Gasteiger partial charge in [-0.25, -0.2) is 4.79 Å². The highest BCUT2D eigenvalue weighted by molar-refractivity contribution is 5.92. The number of nitrogens with one attached hydrogen (secondary N) is 3. The van der Waals surface area contributed by atoms with Gasteiger partial charge in [-0.2, -0.15) is 0 Å². The zero-order valence-electron chi connectivity index (χ0n) is 15.6. The Morgan fingerprint density at radius 1 is 1.00 bits per heavy atom. The summed E-state index contributed by atoms with van der Waals surface area (Å²) in [4.78, 5) is 47.1. The fourth-order valence-electron chi connectivity index (χ4n) is 2.10. The van der Waals surface area contributed by atoms with Crippen LogP contribution >= 0.6 is 0 Å². The summed E-state index contributed by atoms with van der Waals surface area (Å²) in [6, 6.07) is -3.15. The molecule has 3 atom stereocenters. The number of hydrogen-bond donors (Lipinski definition) is 6. The molecule has 0 aromatic rings. The zero-order chi connectivity index (χ0) is 20.4. The molecule has 0 rings (SSSR count). The van der Waals surface area contributed by atoms with Gasteiger partial charge in [0.05, 0.1) is 13.2 Å². The Morgan fingerprint density at radius 2 is 1.58 bits per heavy atom. The highest BCUT2D eigenvalue weighted by Gasteiger charge is 2.29. The molecule has 0 radical (unpaired) electrons.